The number of para-hydroxylation sites is 1. The van der Waals surface area contributed by atoms with Gasteiger partial charge in [0.25, 0.3) is 0 Å². The Kier molecular flexibility index (Phi) is 7.85. The van der Waals surface area contributed by atoms with Crippen molar-refractivity contribution in [2.45, 2.75) is 25.9 Å². The fourth-order valence-corrected chi connectivity index (χ4v) is 3.82. The molecule has 2 N–H and O–H groups in total. The second-order valence-electron chi connectivity index (χ2n) is 6.80. The molecule has 1 saturated heterocycles. The average Bonchev–Trinajstić information content (AvgIpc) is 2.63. The first-order chi connectivity index (χ1) is 12.8. The molecule has 1 aliphatic rings. The number of aliphatic imine (C=N–C) groups is 1. The predicted octanol–water partition coefficient (Wildman–Crippen LogP) is 1.43. The molecule has 1 atom stereocenters. The highest BCUT2D eigenvalue weighted by Gasteiger charge is 2.24. The summed E-state index contributed by atoms with van der Waals surface area (Å²) < 4.78 is 43.8. The van der Waals surface area contributed by atoms with Gasteiger partial charge in [-0.1, -0.05) is 12.1 Å². The largest absolute Gasteiger partial charge is 0.486 e. The lowest BCUT2D eigenvalue weighted by Crippen LogP contribution is -2.45. The third-order valence-corrected chi connectivity index (χ3v) is 5.85. The van der Waals surface area contributed by atoms with Gasteiger partial charge in [-0.2, -0.15) is 0 Å². The molecule has 152 valence electrons. The van der Waals surface area contributed by atoms with Crippen molar-refractivity contribution in [2.75, 3.05) is 39.5 Å². The molecule has 1 aromatic carbocycles. The van der Waals surface area contributed by atoms with Crippen LogP contribution in [0.4, 0.5) is 4.39 Å². The number of sulfonamides is 1. The fourth-order valence-electron chi connectivity index (χ4n) is 2.95. The van der Waals surface area contributed by atoms with Crippen molar-refractivity contribution < 1.29 is 17.5 Å². The Labute approximate surface area is 161 Å². The standard InChI is InChI=1S/C18H29FN4O3S/c1-14(26-17-7-5-4-6-16(17)19)12-21-18(20-2)22-13-15-8-10-23(11-9-15)27(3,24)25/h4-7,14-15H,8-13H2,1-3H3,(H2,20,21,22). The summed E-state index contributed by atoms with van der Waals surface area (Å²) in [6.45, 7) is 4.17. The second kappa shape index (κ2) is 9.89. The fraction of sp³-hybridized carbons (Fsp3) is 0.611. The van der Waals surface area contributed by atoms with E-state index in [1.807, 2.05) is 6.92 Å². The van der Waals surface area contributed by atoms with Gasteiger partial charge in [-0.15, -0.1) is 0 Å². The number of piperidine rings is 1. The molecule has 1 heterocycles. The third kappa shape index (κ3) is 6.99. The van der Waals surface area contributed by atoms with Crippen LogP contribution in [0.2, 0.25) is 0 Å². The van der Waals surface area contributed by atoms with Crippen LogP contribution in [-0.4, -0.2) is 64.3 Å². The molecule has 0 saturated carbocycles. The Bertz CT molecular complexity index is 734. The summed E-state index contributed by atoms with van der Waals surface area (Å²) in [7, 11) is -1.41. The van der Waals surface area contributed by atoms with E-state index in [2.05, 4.69) is 15.6 Å². The molecule has 27 heavy (non-hydrogen) atoms. The Hall–Kier alpha value is -1.87. The van der Waals surface area contributed by atoms with Gasteiger partial charge in [0.1, 0.15) is 6.10 Å². The Morgan fingerprint density at radius 2 is 2.00 bits per heavy atom. The number of benzene rings is 1. The van der Waals surface area contributed by atoms with Gasteiger partial charge >= 0.3 is 0 Å². The minimum absolute atomic E-state index is 0.229. The van der Waals surface area contributed by atoms with Crippen LogP contribution in [0.3, 0.4) is 0 Å². The van der Waals surface area contributed by atoms with Crippen LogP contribution in [0.15, 0.2) is 29.3 Å². The maximum absolute atomic E-state index is 13.6. The van der Waals surface area contributed by atoms with E-state index in [4.69, 9.17) is 4.74 Å². The van der Waals surface area contributed by atoms with Crippen LogP contribution in [0.25, 0.3) is 0 Å². The van der Waals surface area contributed by atoms with Crippen molar-refractivity contribution in [3.8, 4) is 5.75 Å². The zero-order valence-electron chi connectivity index (χ0n) is 16.1. The van der Waals surface area contributed by atoms with Crippen molar-refractivity contribution in [1.82, 2.24) is 14.9 Å². The summed E-state index contributed by atoms with van der Waals surface area (Å²) in [6, 6.07) is 6.32. The number of rotatable bonds is 7. The summed E-state index contributed by atoms with van der Waals surface area (Å²) in [5, 5.41) is 6.43. The molecular formula is C18H29FN4O3S. The van der Waals surface area contributed by atoms with Gasteiger partial charge in [-0.3, -0.25) is 4.99 Å². The van der Waals surface area contributed by atoms with Crippen LogP contribution in [0.5, 0.6) is 5.75 Å². The molecule has 0 bridgehead atoms. The Balaban J connectivity index is 1.71. The molecule has 0 aromatic heterocycles. The van der Waals surface area contributed by atoms with E-state index >= 15 is 0 Å². The van der Waals surface area contributed by atoms with E-state index in [0.29, 0.717) is 31.5 Å². The quantitative estimate of drug-likeness (QED) is 0.534. The molecule has 9 heteroatoms. The topological polar surface area (TPSA) is 83.0 Å². The molecule has 2 rings (SSSR count). The zero-order chi connectivity index (χ0) is 19.9. The number of hydrogen-bond acceptors (Lipinski definition) is 4. The normalized spacial score (nSPS) is 18.1. The maximum atomic E-state index is 13.6. The number of nitrogens with one attached hydrogen (secondary N) is 2. The van der Waals surface area contributed by atoms with Crippen LogP contribution >= 0.6 is 0 Å². The summed E-state index contributed by atoms with van der Waals surface area (Å²) in [6.07, 6.45) is 2.66. The van der Waals surface area contributed by atoms with E-state index in [1.54, 1.807) is 25.2 Å². The molecule has 1 aliphatic heterocycles. The molecule has 0 aliphatic carbocycles. The van der Waals surface area contributed by atoms with E-state index in [-0.39, 0.29) is 17.7 Å². The number of nitrogens with zero attached hydrogens (tertiary/aromatic N) is 2. The van der Waals surface area contributed by atoms with Crippen molar-refractivity contribution in [3.05, 3.63) is 30.1 Å². The highest BCUT2D eigenvalue weighted by atomic mass is 32.2. The predicted molar refractivity (Wildman–Crippen MR) is 105 cm³/mol. The number of ether oxygens (including phenoxy) is 1. The average molecular weight is 401 g/mol. The summed E-state index contributed by atoms with van der Waals surface area (Å²) in [4.78, 5) is 4.18. The van der Waals surface area contributed by atoms with Gasteiger partial charge < -0.3 is 15.4 Å². The lowest BCUT2D eigenvalue weighted by atomic mass is 9.98. The highest BCUT2D eigenvalue weighted by Crippen LogP contribution is 2.18. The van der Waals surface area contributed by atoms with Crippen molar-refractivity contribution in [1.29, 1.82) is 0 Å². The molecule has 1 unspecified atom stereocenters. The van der Waals surface area contributed by atoms with E-state index in [9.17, 15) is 12.8 Å². The first-order valence-electron chi connectivity index (χ1n) is 9.10. The van der Waals surface area contributed by atoms with Crippen LogP contribution in [0.1, 0.15) is 19.8 Å². The van der Waals surface area contributed by atoms with Gasteiger partial charge in [0.2, 0.25) is 10.0 Å². The number of guanidine groups is 1. The van der Waals surface area contributed by atoms with Gasteiger partial charge in [0.15, 0.2) is 17.5 Å². The minimum atomic E-state index is -3.10. The van der Waals surface area contributed by atoms with Crippen molar-refractivity contribution in [2.24, 2.45) is 10.9 Å². The Morgan fingerprint density at radius 1 is 1.33 bits per heavy atom. The maximum Gasteiger partial charge on any atom is 0.211 e. The van der Waals surface area contributed by atoms with Gasteiger partial charge in [0.05, 0.1) is 12.8 Å². The molecule has 7 nitrogen and oxygen atoms in total. The lowest BCUT2D eigenvalue weighted by Gasteiger charge is -2.30. The van der Waals surface area contributed by atoms with Crippen LogP contribution < -0.4 is 15.4 Å². The first-order valence-corrected chi connectivity index (χ1v) is 10.9. The minimum Gasteiger partial charge on any atom is -0.486 e. The van der Waals surface area contributed by atoms with E-state index in [1.165, 1.54) is 16.6 Å². The zero-order valence-corrected chi connectivity index (χ0v) is 16.9. The van der Waals surface area contributed by atoms with E-state index in [0.717, 1.165) is 19.4 Å². The SMILES string of the molecule is CN=C(NCC1CCN(S(C)(=O)=O)CC1)NCC(C)Oc1ccccc1F. The summed E-state index contributed by atoms with van der Waals surface area (Å²) >= 11 is 0. The molecule has 1 fully saturated rings. The van der Waals surface area contributed by atoms with Gasteiger partial charge in [-0.25, -0.2) is 17.1 Å². The molecule has 1 aromatic rings. The first kappa shape index (κ1) is 21.4. The third-order valence-electron chi connectivity index (χ3n) is 4.55. The number of hydrogen-bond donors (Lipinski definition) is 2. The lowest BCUT2D eigenvalue weighted by molar-refractivity contribution is 0.214. The monoisotopic (exact) mass is 400 g/mol. The van der Waals surface area contributed by atoms with Gasteiger partial charge in [-0.05, 0) is 37.8 Å². The Morgan fingerprint density at radius 3 is 2.59 bits per heavy atom. The van der Waals surface area contributed by atoms with Gasteiger partial charge in [0, 0.05) is 26.7 Å². The second-order valence-corrected chi connectivity index (χ2v) is 8.78. The van der Waals surface area contributed by atoms with Crippen molar-refractivity contribution in [3.63, 3.8) is 0 Å². The summed E-state index contributed by atoms with van der Waals surface area (Å²) in [5.41, 5.74) is 0. The summed E-state index contributed by atoms with van der Waals surface area (Å²) in [5.74, 6) is 0.887. The van der Waals surface area contributed by atoms with Crippen molar-refractivity contribution >= 4 is 16.0 Å². The van der Waals surface area contributed by atoms with Crippen LogP contribution in [-0.2, 0) is 10.0 Å². The molecule has 0 spiro atoms. The molecule has 0 radical (unpaired) electrons. The molecule has 0 amide bonds. The highest BCUT2D eigenvalue weighted by molar-refractivity contribution is 7.88. The smallest absolute Gasteiger partial charge is 0.211 e. The number of halogens is 1. The molecular weight excluding hydrogens is 371 g/mol. The van der Waals surface area contributed by atoms with Crippen LogP contribution in [0, 0.1) is 11.7 Å². The van der Waals surface area contributed by atoms with E-state index < -0.39 is 10.0 Å².